The molecule has 0 spiro atoms. The highest BCUT2D eigenvalue weighted by atomic mass is 32.2. The molecule has 2 aliphatic heterocycles. The first-order chi connectivity index (χ1) is 14.7. The van der Waals surface area contributed by atoms with Crippen molar-refractivity contribution in [1.82, 2.24) is 15.0 Å². The quantitative estimate of drug-likeness (QED) is 0.454. The van der Waals surface area contributed by atoms with Gasteiger partial charge in [0.05, 0.1) is 5.56 Å². The number of primary sulfonamides is 1. The van der Waals surface area contributed by atoms with E-state index in [4.69, 9.17) is 10.9 Å². The Morgan fingerprint density at radius 3 is 2.52 bits per heavy atom. The molecule has 31 heavy (non-hydrogen) atoms. The maximum atomic E-state index is 13.1. The first-order valence-electron chi connectivity index (χ1n) is 9.24. The number of nitrogens with one attached hydrogen (secondary N) is 2. The number of benzene rings is 1. The molecule has 1 fully saturated rings. The van der Waals surface area contributed by atoms with Crippen molar-refractivity contribution in [2.75, 3.05) is 25.5 Å². The van der Waals surface area contributed by atoms with Crippen LogP contribution in [-0.4, -0.2) is 53.5 Å². The molecule has 164 valence electrons. The van der Waals surface area contributed by atoms with Gasteiger partial charge in [0, 0.05) is 24.3 Å². The summed E-state index contributed by atoms with van der Waals surface area (Å²) in [7, 11) is -8.75. The van der Waals surface area contributed by atoms with Crippen LogP contribution in [-0.2, 0) is 20.0 Å². The van der Waals surface area contributed by atoms with Crippen molar-refractivity contribution in [3.05, 3.63) is 36.0 Å². The summed E-state index contributed by atoms with van der Waals surface area (Å²) < 4.78 is 54.1. The first-order valence-corrected chi connectivity index (χ1v) is 12.3. The summed E-state index contributed by atoms with van der Waals surface area (Å²) in [6, 6.07) is 5.46. The minimum Gasteiger partial charge on any atom is -0.384 e. The molecule has 1 atom stereocenters. The summed E-state index contributed by atoms with van der Waals surface area (Å²) in [6.45, 7) is 1.08. The van der Waals surface area contributed by atoms with Gasteiger partial charge in [-0.3, -0.25) is 0 Å². The second-order valence-corrected chi connectivity index (χ2v) is 10.2. The molecule has 0 bridgehead atoms. The Bertz CT molecular complexity index is 1280. The maximum absolute atomic E-state index is 13.1. The summed E-state index contributed by atoms with van der Waals surface area (Å²) >= 11 is 0. The summed E-state index contributed by atoms with van der Waals surface area (Å²) in [5.41, 5.74) is 6.41. The number of nitrogens with zero attached hydrogens (tertiary/aromatic N) is 4. The molecule has 14 heteroatoms. The van der Waals surface area contributed by atoms with Crippen molar-refractivity contribution in [2.24, 2.45) is 20.4 Å². The topological polar surface area (TPSA) is 194 Å². The van der Waals surface area contributed by atoms with Crippen LogP contribution in [0.3, 0.4) is 0 Å². The van der Waals surface area contributed by atoms with Crippen LogP contribution < -0.4 is 20.9 Å². The molecule has 0 amide bonds. The molecular weight excluding hydrogens is 444 g/mol. The number of azo groups is 1. The number of nitrogen functional groups attached to an aromatic ring is 1. The van der Waals surface area contributed by atoms with Crippen molar-refractivity contribution in [3.63, 3.8) is 0 Å². The molecule has 4 rings (SSSR count). The normalized spacial score (nSPS) is 19.0. The summed E-state index contributed by atoms with van der Waals surface area (Å²) in [4.78, 5) is 7.05. The molecule has 2 aliphatic rings. The number of amidine groups is 1. The lowest BCUT2D eigenvalue weighted by Crippen LogP contribution is -2.37. The van der Waals surface area contributed by atoms with E-state index in [9.17, 15) is 16.8 Å². The van der Waals surface area contributed by atoms with Crippen LogP contribution in [0.5, 0.6) is 0 Å². The lowest BCUT2D eigenvalue weighted by molar-refractivity contribution is 0.555. The lowest BCUT2D eigenvalue weighted by atomic mass is 10.00. The van der Waals surface area contributed by atoms with Crippen molar-refractivity contribution in [1.29, 1.82) is 0 Å². The largest absolute Gasteiger partial charge is 0.384 e. The van der Waals surface area contributed by atoms with Crippen molar-refractivity contribution in [3.8, 4) is 11.1 Å². The molecule has 3 heterocycles. The molecule has 0 saturated carbocycles. The smallest absolute Gasteiger partial charge is 0.242 e. The average Bonchev–Trinajstić information content (AvgIpc) is 3.40. The third-order valence-electron chi connectivity index (χ3n) is 4.85. The third-order valence-corrected chi connectivity index (χ3v) is 7.53. The summed E-state index contributed by atoms with van der Waals surface area (Å²) in [5.74, 6) is 0.235. The highest BCUT2D eigenvalue weighted by Crippen LogP contribution is 2.35. The number of anilines is 1. The molecule has 0 unspecified atom stereocenters. The Kier molecular flexibility index (Phi) is 5.57. The molecular formula is C17H20N8O4S2. The number of hydrogen-bond acceptors (Lipinski definition) is 10. The van der Waals surface area contributed by atoms with E-state index in [0.29, 0.717) is 30.6 Å². The Morgan fingerprint density at radius 2 is 1.94 bits per heavy atom. The molecule has 1 aromatic heterocycles. The van der Waals surface area contributed by atoms with Crippen LogP contribution in [0.25, 0.3) is 11.1 Å². The van der Waals surface area contributed by atoms with Crippen LogP contribution in [0.15, 0.2) is 55.5 Å². The number of aromatic nitrogens is 1. The van der Waals surface area contributed by atoms with Gasteiger partial charge in [-0.2, -0.15) is 5.11 Å². The number of sulfonamides is 2. The summed E-state index contributed by atoms with van der Waals surface area (Å²) in [5, 5.41) is 16.2. The van der Waals surface area contributed by atoms with Crippen LogP contribution >= 0.6 is 0 Å². The predicted octanol–water partition coefficient (Wildman–Crippen LogP) is -0.212. The highest BCUT2D eigenvalue weighted by molar-refractivity contribution is 7.92. The Labute approximate surface area is 179 Å². The fourth-order valence-electron chi connectivity index (χ4n) is 3.48. The van der Waals surface area contributed by atoms with Crippen LogP contribution in [0.4, 0.5) is 5.82 Å². The van der Waals surface area contributed by atoms with Gasteiger partial charge < -0.3 is 11.1 Å². The van der Waals surface area contributed by atoms with Crippen LogP contribution in [0, 0.1) is 0 Å². The molecule has 0 aliphatic carbocycles. The fraction of sp³-hybridized carbons (Fsp3) is 0.294. The van der Waals surface area contributed by atoms with Crippen molar-refractivity contribution >= 4 is 31.7 Å². The van der Waals surface area contributed by atoms with E-state index < -0.39 is 29.8 Å². The fourth-order valence-corrected chi connectivity index (χ4v) is 6.35. The zero-order valence-electron chi connectivity index (χ0n) is 16.2. The minimum atomic E-state index is -4.52. The molecule has 0 radical (unpaired) electrons. The zero-order valence-corrected chi connectivity index (χ0v) is 17.8. The van der Waals surface area contributed by atoms with E-state index in [2.05, 4.69) is 30.2 Å². The van der Waals surface area contributed by atoms with E-state index in [-0.39, 0.29) is 29.9 Å². The van der Waals surface area contributed by atoms with Gasteiger partial charge in [0.2, 0.25) is 20.0 Å². The first kappa shape index (κ1) is 21.5. The van der Waals surface area contributed by atoms with E-state index >= 15 is 0 Å². The van der Waals surface area contributed by atoms with Crippen LogP contribution in [0.1, 0.15) is 12.0 Å². The Balaban J connectivity index is 1.98. The van der Waals surface area contributed by atoms with E-state index in [1.54, 1.807) is 6.07 Å². The van der Waals surface area contributed by atoms with Crippen molar-refractivity contribution in [2.45, 2.75) is 22.3 Å². The van der Waals surface area contributed by atoms with E-state index in [0.717, 1.165) is 0 Å². The van der Waals surface area contributed by atoms with Gasteiger partial charge in [-0.1, -0.05) is 6.07 Å². The molecule has 6 N–H and O–H groups in total. The van der Waals surface area contributed by atoms with Gasteiger partial charge in [-0.15, -0.1) is 5.11 Å². The summed E-state index contributed by atoms with van der Waals surface area (Å²) in [6.07, 6.45) is 2.01. The second-order valence-electron chi connectivity index (χ2n) is 7.01. The van der Waals surface area contributed by atoms with Gasteiger partial charge >= 0.3 is 0 Å². The second kappa shape index (κ2) is 8.05. The van der Waals surface area contributed by atoms with E-state index in [1.807, 2.05) is 0 Å². The predicted molar refractivity (Wildman–Crippen MR) is 113 cm³/mol. The van der Waals surface area contributed by atoms with Crippen LogP contribution in [0.2, 0.25) is 0 Å². The van der Waals surface area contributed by atoms with Gasteiger partial charge in [0.25, 0.3) is 0 Å². The maximum Gasteiger partial charge on any atom is 0.242 e. The monoisotopic (exact) mass is 464 g/mol. The molecule has 1 saturated heterocycles. The number of nitrogens with two attached hydrogens (primary N) is 2. The van der Waals surface area contributed by atoms with Gasteiger partial charge in [-0.25, -0.2) is 36.7 Å². The highest BCUT2D eigenvalue weighted by Gasteiger charge is 2.34. The van der Waals surface area contributed by atoms with Gasteiger partial charge in [-0.05, 0) is 36.7 Å². The Morgan fingerprint density at radius 1 is 1.13 bits per heavy atom. The number of aliphatic imine (C=N–C) groups is 1. The minimum absolute atomic E-state index is 0.0121. The third kappa shape index (κ3) is 4.33. The Hall–Kier alpha value is -2.78. The number of pyridine rings is 1. The van der Waals surface area contributed by atoms with Gasteiger partial charge in [0.15, 0.2) is 12.5 Å². The van der Waals surface area contributed by atoms with Gasteiger partial charge in [0.1, 0.15) is 15.6 Å². The number of hydrogen-bond donors (Lipinski definition) is 4. The molecule has 2 aromatic rings. The zero-order chi connectivity index (χ0) is 22.2. The van der Waals surface area contributed by atoms with E-state index in [1.165, 1.54) is 24.4 Å². The lowest BCUT2D eigenvalue weighted by Gasteiger charge is -2.18. The molecule has 12 nitrogen and oxygen atoms in total. The average molecular weight is 465 g/mol. The van der Waals surface area contributed by atoms with Crippen molar-refractivity contribution < 1.29 is 16.8 Å². The molecule has 1 aromatic carbocycles. The number of rotatable bonds is 6. The standard InChI is InChI=1S/C17H20N8O4S2/c18-14-4-1-10(7-21-14)12-2-3-13(31(28,29)25-11-5-6-20-8-11)16(30(19,26)27)15(12)17-22-9-23-24-17/h1-4,7,11,20,25H,5-6,8-9H2,(H2,18,21)(H2,19,26,27)/t11-/m0/s1. The SMILES string of the molecule is Nc1ccc(-c2ccc(S(=O)(=O)N[C@H]3CCNC3)c(S(N)(=O)=O)c2C2=NCN=N2)cn1.